The van der Waals surface area contributed by atoms with Gasteiger partial charge in [-0.05, 0) is 51.1 Å². The molecule has 0 saturated carbocycles. The number of carbonyl (C=O) groups is 2. The highest BCUT2D eigenvalue weighted by molar-refractivity contribution is 5.95. The maximum Gasteiger partial charge on any atom is 0.226 e. The molecular weight excluding hydrogens is 266 g/mol. The Hall–Kier alpha value is -2.43. The Morgan fingerprint density at radius 1 is 1.24 bits per heavy atom. The van der Waals surface area contributed by atoms with Crippen LogP contribution >= 0.6 is 0 Å². The third-order valence-electron chi connectivity index (χ3n) is 3.25. The van der Waals surface area contributed by atoms with E-state index in [1.54, 1.807) is 28.9 Å². The molecule has 1 aromatic carbocycles. The van der Waals surface area contributed by atoms with Crippen LogP contribution in [0, 0.1) is 6.92 Å². The first-order valence-corrected chi connectivity index (χ1v) is 6.88. The zero-order valence-electron chi connectivity index (χ0n) is 12.5. The Balaban J connectivity index is 1.93. The summed E-state index contributed by atoms with van der Waals surface area (Å²) >= 11 is 0. The van der Waals surface area contributed by atoms with Crippen molar-refractivity contribution in [1.82, 2.24) is 9.78 Å². The number of hydrogen-bond donors (Lipinski definition) is 1. The van der Waals surface area contributed by atoms with Crippen LogP contribution in [0.25, 0.3) is 0 Å². The van der Waals surface area contributed by atoms with Crippen LogP contribution < -0.4 is 5.32 Å². The van der Waals surface area contributed by atoms with E-state index in [9.17, 15) is 9.59 Å². The lowest BCUT2D eigenvalue weighted by Gasteiger charge is -2.12. The summed E-state index contributed by atoms with van der Waals surface area (Å²) in [6, 6.07) is 8.79. The summed E-state index contributed by atoms with van der Waals surface area (Å²) in [5, 5.41) is 7.13. The Labute approximate surface area is 124 Å². The van der Waals surface area contributed by atoms with E-state index in [2.05, 4.69) is 10.4 Å². The smallest absolute Gasteiger partial charge is 0.226 e. The molecule has 2 rings (SSSR count). The minimum atomic E-state index is -0.0776. The highest BCUT2D eigenvalue weighted by atomic mass is 16.1. The van der Waals surface area contributed by atoms with Crippen LogP contribution in [0.3, 0.4) is 0 Å². The van der Waals surface area contributed by atoms with E-state index >= 15 is 0 Å². The van der Waals surface area contributed by atoms with E-state index in [1.807, 2.05) is 26.1 Å². The molecule has 21 heavy (non-hydrogen) atoms. The molecule has 1 N–H and O–H groups in total. The molecule has 5 nitrogen and oxygen atoms in total. The Kier molecular flexibility index (Phi) is 4.52. The van der Waals surface area contributed by atoms with Crippen molar-refractivity contribution in [1.29, 1.82) is 0 Å². The second kappa shape index (κ2) is 6.35. The molecule has 0 aliphatic heterocycles. The SMILES string of the molecule is CC(=O)c1ccc(NC(=O)C[C@@H](C)n2ccc(C)n2)cc1. The molecule has 1 atom stereocenters. The maximum absolute atomic E-state index is 12.0. The normalized spacial score (nSPS) is 12.0. The Bertz CT molecular complexity index is 644. The lowest BCUT2D eigenvalue weighted by atomic mass is 10.1. The summed E-state index contributed by atoms with van der Waals surface area (Å²) in [5.41, 5.74) is 2.25. The number of nitrogens with one attached hydrogen (secondary N) is 1. The first-order chi connectivity index (χ1) is 9.95. The first-order valence-electron chi connectivity index (χ1n) is 6.88. The highest BCUT2D eigenvalue weighted by Gasteiger charge is 2.12. The van der Waals surface area contributed by atoms with E-state index in [0.29, 0.717) is 17.7 Å². The molecule has 0 aliphatic rings. The molecule has 2 aromatic rings. The first kappa shape index (κ1) is 15.0. The predicted octanol–water partition coefficient (Wildman–Crippen LogP) is 2.98. The van der Waals surface area contributed by atoms with Crippen molar-refractivity contribution < 1.29 is 9.59 Å². The van der Waals surface area contributed by atoms with Crippen molar-refractivity contribution in [2.24, 2.45) is 0 Å². The number of anilines is 1. The summed E-state index contributed by atoms with van der Waals surface area (Å²) in [7, 11) is 0. The van der Waals surface area contributed by atoms with E-state index in [4.69, 9.17) is 0 Å². The summed E-state index contributed by atoms with van der Waals surface area (Å²) in [6.45, 7) is 5.38. The lowest BCUT2D eigenvalue weighted by Crippen LogP contribution is -2.18. The molecule has 1 heterocycles. The number of amides is 1. The van der Waals surface area contributed by atoms with Crippen molar-refractivity contribution in [2.45, 2.75) is 33.2 Å². The molecule has 0 saturated heterocycles. The zero-order valence-corrected chi connectivity index (χ0v) is 12.5. The quantitative estimate of drug-likeness (QED) is 0.859. The van der Waals surface area contributed by atoms with Gasteiger partial charge in [0.2, 0.25) is 5.91 Å². The Morgan fingerprint density at radius 2 is 1.90 bits per heavy atom. The van der Waals surface area contributed by atoms with Crippen LogP contribution in [0.1, 0.15) is 42.4 Å². The molecule has 5 heteroatoms. The predicted molar refractivity (Wildman–Crippen MR) is 81.4 cm³/mol. The van der Waals surface area contributed by atoms with Crippen LogP contribution in [0.15, 0.2) is 36.5 Å². The second-order valence-electron chi connectivity index (χ2n) is 5.17. The van der Waals surface area contributed by atoms with E-state index in [1.165, 1.54) is 6.92 Å². The number of benzene rings is 1. The fourth-order valence-corrected chi connectivity index (χ4v) is 2.04. The van der Waals surface area contributed by atoms with Gasteiger partial charge >= 0.3 is 0 Å². The highest BCUT2D eigenvalue weighted by Crippen LogP contribution is 2.14. The van der Waals surface area contributed by atoms with E-state index < -0.39 is 0 Å². The van der Waals surface area contributed by atoms with E-state index in [0.717, 1.165) is 5.69 Å². The standard InChI is InChI=1S/C16H19N3O2/c1-11-8-9-19(18-11)12(2)10-16(21)17-15-6-4-14(5-7-15)13(3)20/h4-9,12H,10H2,1-3H3,(H,17,21)/t12-/m1/s1. The number of rotatable bonds is 5. The molecule has 0 unspecified atom stereocenters. The number of aryl methyl sites for hydroxylation is 1. The van der Waals surface area contributed by atoms with Gasteiger partial charge in [0.1, 0.15) is 0 Å². The van der Waals surface area contributed by atoms with Crippen molar-refractivity contribution in [2.75, 3.05) is 5.32 Å². The summed E-state index contributed by atoms with van der Waals surface area (Å²) in [4.78, 5) is 23.2. The van der Waals surface area contributed by atoms with Crippen molar-refractivity contribution in [3.8, 4) is 0 Å². The van der Waals surface area contributed by atoms with Gasteiger partial charge in [-0.2, -0.15) is 5.10 Å². The van der Waals surface area contributed by atoms with Gasteiger partial charge in [0.15, 0.2) is 5.78 Å². The molecule has 1 aromatic heterocycles. The number of Topliss-reactive ketones (excluding diaryl/α,β-unsaturated/α-hetero) is 1. The molecule has 0 spiro atoms. The summed E-state index contributed by atoms with van der Waals surface area (Å²) < 4.78 is 1.79. The summed E-state index contributed by atoms with van der Waals surface area (Å²) in [6.07, 6.45) is 2.21. The van der Waals surface area contributed by atoms with Crippen LogP contribution in [-0.2, 0) is 4.79 Å². The number of hydrogen-bond acceptors (Lipinski definition) is 3. The van der Waals surface area contributed by atoms with Gasteiger partial charge in [-0.1, -0.05) is 0 Å². The third kappa shape index (κ3) is 4.02. The molecule has 110 valence electrons. The van der Waals surface area contributed by atoms with Crippen molar-refractivity contribution in [3.05, 3.63) is 47.8 Å². The van der Waals surface area contributed by atoms with Crippen LogP contribution in [0.4, 0.5) is 5.69 Å². The molecular formula is C16H19N3O2. The molecule has 0 aliphatic carbocycles. The minimum Gasteiger partial charge on any atom is -0.326 e. The average molecular weight is 285 g/mol. The lowest BCUT2D eigenvalue weighted by molar-refractivity contribution is -0.116. The van der Waals surface area contributed by atoms with Crippen LogP contribution in [0.5, 0.6) is 0 Å². The summed E-state index contributed by atoms with van der Waals surface area (Å²) in [5.74, 6) is -0.0678. The Morgan fingerprint density at radius 3 is 2.43 bits per heavy atom. The van der Waals surface area contributed by atoms with E-state index in [-0.39, 0.29) is 17.7 Å². The number of nitrogens with zero attached hydrogens (tertiary/aromatic N) is 2. The maximum atomic E-state index is 12.0. The van der Waals surface area contributed by atoms with Crippen LogP contribution in [-0.4, -0.2) is 21.5 Å². The van der Waals surface area contributed by atoms with Gasteiger partial charge in [0, 0.05) is 23.9 Å². The van der Waals surface area contributed by atoms with Gasteiger partial charge in [-0.15, -0.1) is 0 Å². The van der Waals surface area contributed by atoms with Crippen molar-refractivity contribution >= 4 is 17.4 Å². The fraction of sp³-hybridized carbons (Fsp3) is 0.312. The molecule has 0 fully saturated rings. The monoisotopic (exact) mass is 285 g/mol. The van der Waals surface area contributed by atoms with Gasteiger partial charge in [0.25, 0.3) is 0 Å². The number of aromatic nitrogens is 2. The minimum absolute atomic E-state index is 0.00445. The topological polar surface area (TPSA) is 64.0 Å². The molecule has 0 bridgehead atoms. The third-order valence-corrected chi connectivity index (χ3v) is 3.25. The van der Waals surface area contributed by atoms with Crippen molar-refractivity contribution in [3.63, 3.8) is 0 Å². The fourth-order valence-electron chi connectivity index (χ4n) is 2.04. The molecule has 0 radical (unpaired) electrons. The van der Waals surface area contributed by atoms with Gasteiger partial charge in [-0.3, -0.25) is 14.3 Å². The second-order valence-corrected chi connectivity index (χ2v) is 5.17. The number of ketones is 1. The average Bonchev–Trinajstić information content (AvgIpc) is 2.86. The van der Waals surface area contributed by atoms with Gasteiger partial charge < -0.3 is 5.32 Å². The molecule has 1 amide bonds. The van der Waals surface area contributed by atoms with Gasteiger partial charge in [0.05, 0.1) is 11.7 Å². The number of carbonyl (C=O) groups excluding carboxylic acids is 2. The zero-order chi connectivity index (χ0) is 15.4. The van der Waals surface area contributed by atoms with Crippen LogP contribution in [0.2, 0.25) is 0 Å². The van der Waals surface area contributed by atoms with Gasteiger partial charge in [-0.25, -0.2) is 0 Å². The largest absolute Gasteiger partial charge is 0.326 e.